The van der Waals surface area contributed by atoms with Gasteiger partial charge in [-0.05, 0) is 62.4 Å². The van der Waals surface area contributed by atoms with Crippen molar-refractivity contribution in [1.29, 1.82) is 5.41 Å². The van der Waals surface area contributed by atoms with Crippen LogP contribution in [-0.4, -0.2) is 33.7 Å². The van der Waals surface area contributed by atoms with E-state index in [1.807, 2.05) is 6.92 Å². The highest BCUT2D eigenvalue weighted by molar-refractivity contribution is 7.11. The zero-order valence-electron chi connectivity index (χ0n) is 18.3. The smallest absolute Gasteiger partial charge is 0.157 e. The van der Waals surface area contributed by atoms with Crippen molar-refractivity contribution < 1.29 is 13.6 Å². The molecule has 0 saturated heterocycles. The first-order valence-corrected chi connectivity index (χ1v) is 11.7. The van der Waals surface area contributed by atoms with Crippen LogP contribution >= 0.6 is 11.3 Å². The normalized spacial score (nSPS) is 16.2. The first kappa shape index (κ1) is 23.0. The average molecular weight is 467 g/mol. The zero-order valence-corrected chi connectivity index (χ0v) is 19.1. The Morgan fingerprint density at radius 2 is 1.85 bits per heavy atom. The van der Waals surface area contributed by atoms with Crippen molar-refractivity contribution in [2.24, 2.45) is 10.9 Å². The fraction of sp³-hybridized carbons (Fsp3) is 0.320. The molecule has 0 saturated carbocycles. The quantitative estimate of drug-likeness (QED) is 0.387. The number of ketones is 1. The molecule has 0 spiro atoms. The van der Waals surface area contributed by atoms with Crippen LogP contribution in [0.25, 0.3) is 0 Å². The number of nitrogens with zero attached hydrogens (tertiary/aromatic N) is 3. The van der Waals surface area contributed by atoms with Gasteiger partial charge in [0.25, 0.3) is 0 Å². The van der Waals surface area contributed by atoms with E-state index < -0.39 is 5.82 Å². The summed E-state index contributed by atoms with van der Waals surface area (Å²) in [5.74, 6) is -0.872. The van der Waals surface area contributed by atoms with E-state index in [4.69, 9.17) is 5.41 Å². The maximum absolute atomic E-state index is 13.4. The van der Waals surface area contributed by atoms with E-state index in [1.165, 1.54) is 29.1 Å². The maximum Gasteiger partial charge on any atom is 0.157 e. The van der Waals surface area contributed by atoms with Crippen LogP contribution in [0.2, 0.25) is 0 Å². The molecule has 3 aromatic rings. The third kappa shape index (κ3) is 5.82. The summed E-state index contributed by atoms with van der Waals surface area (Å²) in [5, 5.41) is 9.44. The monoisotopic (exact) mass is 466 g/mol. The van der Waals surface area contributed by atoms with Gasteiger partial charge in [0.2, 0.25) is 0 Å². The molecule has 1 aliphatic rings. The van der Waals surface area contributed by atoms with E-state index in [1.54, 1.807) is 23.5 Å². The Morgan fingerprint density at radius 3 is 2.58 bits per heavy atom. The Kier molecular flexibility index (Phi) is 7.13. The van der Waals surface area contributed by atoms with Gasteiger partial charge in [0.15, 0.2) is 5.78 Å². The van der Waals surface area contributed by atoms with Crippen molar-refractivity contribution in [3.8, 4) is 0 Å². The Balaban J connectivity index is 1.48. The maximum atomic E-state index is 13.4. The number of halogens is 2. The molecule has 2 heterocycles. The van der Waals surface area contributed by atoms with Crippen LogP contribution in [-0.2, 0) is 17.6 Å². The van der Waals surface area contributed by atoms with Crippen LogP contribution in [0.15, 0.2) is 47.6 Å². The predicted molar refractivity (Wildman–Crippen MR) is 125 cm³/mol. The van der Waals surface area contributed by atoms with Crippen molar-refractivity contribution >= 4 is 28.5 Å². The SMILES string of the molecule is Cc1nc2c(s1)CCC(C(=O)CN=C(CC(=N)c1ccc(F)cn1)c1ccc(F)cc1)CC2. The van der Waals surface area contributed by atoms with E-state index in [2.05, 4.69) is 15.0 Å². The number of nitrogens with one attached hydrogen (secondary N) is 1. The van der Waals surface area contributed by atoms with Gasteiger partial charge in [0.05, 0.1) is 34.8 Å². The van der Waals surface area contributed by atoms with Crippen LogP contribution in [0.3, 0.4) is 0 Å². The van der Waals surface area contributed by atoms with Gasteiger partial charge in [-0.3, -0.25) is 14.8 Å². The zero-order chi connectivity index (χ0) is 23.4. The van der Waals surface area contributed by atoms with E-state index >= 15 is 0 Å². The van der Waals surface area contributed by atoms with Crippen LogP contribution in [0, 0.1) is 29.9 Å². The number of aromatic nitrogens is 2. The predicted octanol–water partition coefficient (Wildman–Crippen LogP) is 5.14. The number of aliphatic imine (C=N–C) groups is 1. The number of hydrogen-bond donors (Lipinski definition) is 1. The summed E-state index contributed by atoms with van der Waals surface area (Å²) in [6.07, 6.45) is 4.35. The van der Waals surface area contributed by atoms with Crippen LogP contribution in [0.4, 0.5) is 8.78 Å². The molecule has 1 aromatic carbocycles. The van der Waals surface area contributed by atoms with E-state index in [-0.39, 0.29) is 36.2 Å². The molecule has 170 valence electrons. The van der Waals surface area contributed by atoms with Crippen molar-refractivity contribution in [2.75, 3.05) is 6.54 Å². The highest BCUT2D eigenvalue weighted by Gasteiger charge is 2.24. The molecule has 5 nitrogen and oxygen atoms in total. The van der Waals surface area contributed by atoms with E-state index in [0.29, 0.717) is 17.0 Å². The number of carbonyl (C=O) groups excluding carboxylic acids is 1. The van der Waals surface area contributed by atoms with E-state index in [0.717, 1.165) is 42.6 Å². The largest absolute Gasteiger partial charge is 0.303 e. The lowest BCUT2D eigenvalue weighted by Gasteiger charge is -2.13. The summed E-state index contributed by atoms with van der Waals surface area (Å²) in [6, 6.07) is 8.50. The van der Waals surface area contributed by atoms with Gasteiger partial charge in [-0.1, -0.05) is 12.1 Å². The molecule has 0 radical (unpaired) electrons. The minimum Gasteiger partial charge on any atom is -0.303 e. The summed E-state index contributed by atoms with van der Waals surface area (Å²) < 4.78 is 26.6. The molecule has 4 rings (SSSR count). The molecule has 8 heteroatoms. The van der Waals surface area contributed by atoms with Gasteiger partial charge in [0, 0.05) is 22.9 Å². The van der Waals surface area contributed by atoms with Gasteiger partial charge in [0.1, 0.15) is 11.6 Å². The minimum atomic E-state index is -0.479. The van der Waals surface area contributed by atoms with Gasteiger partial charge >= 0.3 is 0 Å². The number of benzene rings is 1. The topological polar surface area (TPSA) is 79.1 Å². The second kappa shape index (κ2) is 10.2. The Bertz CT molecular complexity index is 1160. The second-order valence-electron chi connectivity index (χ2n) is 8.13. The van der Waals surface area contributed by atoms with Gasteiger partial charge in [-0.15, -0.1) is 11.3 Å². The number of pyridine rings is 1. The molecular weight excluding hydrogens is 442 g/mol. The summed E-state index contributed by atoms with van der Waals surface area (Å²) in [6.45, 7) is 2.01. The molecule has 33 heavy (non-hydrogen) atoms. The summed E-state index contributed by atoms with van der Waals surface area (Å²) >= 11 is 1.71. The van der Waals surface area contributed by atoms with Crippen molar-refractivity contribution in [2.45, 2.75) is 39.0 Å². The minimum absolute atomic E-state index is 0.00160. The molecule has 0 aliphatic heterocycles. The second-order valence-corrected chi connectivity index (χ2v) is 9.42. The first-order valence-electron chi connectivity index (χ1n) is 10.9. The molecule has 0 amide bonds. The fourth-order valence-corrected chi connectivity index (χ4v) is 4.99. The summed E-state index contributed by atoms with van der Waals surface area (Å²) in [7, 11) is 0. The van der Waals surface area contributed by atoms with Gasteiger partial charge in [-0.25, -0.2) is 13.8 Å². The lowest BCUT2D eigenvalue weighted by atomic mass is 9.95. The number of Topliss-reactive ketones (excluding diaryl/α,β-unsaturated/α-hetero) is 1. The molecular formula is C25H24F2N4OS. The fourth-order valence-electron chi connectivity index (χ4n) is 3.99. The van der Waals surface area contributed by atoms with Gasteiger partial charge in [-0.2, -0.15) is 0 Å². The number of carbonyl (C=O) groups is 1. The molecule has 2 aromatic heterocycles. The molecule has 1 aliphatic carbocycles. The standard InChI is InChI=1S/C25H24F2N4OS/c1-15-31-22-9-4-17(5-11-25(22)33-15)24(32)14-30-23(16-2-6-18(26)7-3-16)12-20(28)21-10-8-19(27)13-29-21/h2-3,6-8,10,13,17,28H,4-5,9,11-12,14H2,1H3. The number of thiazole rings is 1. The highest BCUT2D eigenvalue weighted by Crippen LogP contribution is 2.29. The van der Waals surface area contributed by atoms with E-state index in [9.17, 15) is 13.6 Å². The summed E-state index contributed by atoms with van der Waals surface area (Å²) in [5.41, 5.74) is 2.73. The number of rotatable bonds is 7. The van der Waals surface area contributed by atoms with Crippen molar-refractivity contribution in [3.63, 3.8) is 0 Å². The highest BCUT2D eigenvalue weighted by atomic mass is 32.1. The lowest BCUT2D eigenvalue weighted by Crippen LogP contribution is -2.20. The van der Waals surface area contributed by atoms with Crippen LogP contribution in [0.5, 0.6) is 0 Å². The third-order valence-electron chi connectivity index (χ3n) is 5.77. The van der Waals surface area contributed by atoms with Crippen LogP contribution in [0.1, 0.15) is 46.1 Å². The van der Waals surface area contributed by atoms with Gasteiger partial charge < -0.3 is 5.41 Å². The molecule has 0 fully saturated rings. The molecule has 1 N–H and O–H groups in total. The van der Waals surface area contributed by atoms with Crippen molar-refractivity contribution in [3.05, 3.63) is 81.1 Å². The number of hydrogen-bond acceptors (Lipinski definition) is 6. The van der Waals surface area contributed by atoms with Crippen molar-refractivity contribution in [1.82, 2.24) is 9.97 Å². The number of fused-ring (bicyclic) bond motifs is 1. The molecule has 1 atom stereocenters. The molecule has 1 unspecified atom stereocenters. The van der Waals surface area contributed by atoms with Crippen LogP contribution < -0.4 is 0 Å². The average Bonchev–Trinajstić information content (AvgIpc) is 3.05. The number of aryl methyl sites for hydroxylation is 3. The Hall–Kier alpha value is -3.13. The summed E-state index contributed by atoms with van der Waals surface area (Å²) in [4.78, 5) is 27.4. The lowest BCUT2D eigenvalue weighted by molar-refractivity contribution is -0.121. The first-order chi connectivity index (χ1) is 15.9. The Morgan fingerprint density at radius 1 is 1.12 bits per heavy atom. The third-order valence-corrected chi connectivity index (χ3v) is 6.85. The molecule has 0 bridgehead atoms. The Labute approximate surface area is 195 Å².